The zero-order valence-corrected chi connectivity index (χ0v) is 9.99. The van der Waals surface area contributed by atoms with Crippen LogP contribution in [0.25, 0.3) is 0 Å². The van der Waals surface area contributed by atoms with Crippen molar-refractivity contribution in [2.75, 3.05) is 6.61 Å². The van der Waals surface area contributed by atoms with Gasteiger partial charge in [0.25, 0.3) is 5.92 Å². The van der Waals surface area contributed by atoms with Gasteiger partial charge in [0, 0.05) is 12.8 Å². The van der Waals surface area contributed by atoms with Crippen LogP contribution in [0.5, 0.6) is 0 Å². The molecule has 2 rings (SSSR count). The molecule has 2 aliphatic rings. The van der Waals surface area contributed by atoms with Gasteiger partial charge in [-0.2, -0.15) is 0 Å². The first-order valence-corrected chi connectivity index (χ1v) is 6.24. The summed E-state index contributed by atoms with van der Waals surface area (Å²) in [6, 6.07) is 0. The number of hydrogen-bond donors (Lipinski definition) is 0. The molecule has 0 N–H and O–H groups in total. The van der Waals surface area contributed by atoms with Gasteiger partial charge in [-0.25, -0.2) is 8.78 Å². The predicted molar refractivity (Wildman–Crippen MR) is 59.7 cm³/mol. The summed E-state index contributed by atoms with van der Waals surface area (Å²) in [4.78, 5) is 11.7. The molecule has 2 bridgehead atoms. The SMILES string of the molecule is CCC(F)(F)CCOC(=O)C1CC2C=CC1C2. The van der Waals surface area contributed by atoms with Crippen molar-refractivity contribution in [3.8, 4) is 0 Å². The monoisotopic (exact) mass is 244 g/mol. The molecule has 17 heavy (non-hydrogen) atoms. The van der Waals surface area contributed by atoms with Gasteiger partial charge in [0.15, 0.2) is 0 Å². The highest BCUT2D eigenvalue weighted by atomic mass is 19.3. The summed E-state index contributed by atoms with van der Waals surface area (Å²) in [5.74, 6) is -2.34. The fourth-order valence-electron chi connectivity index (χ4n) is 2.64. The zero-order valence-electron chi connectivity index (χ0n) is 9.99. The summed E-state index contributed by atoms with van der Waals surface area (Å²) < 4.78 is 30.8. The third-order valence-corrected chi connectivity index (χ3v) is 3.81. The van der Waals surface area contributed by atoms with Crippen molar-refractivity contribution in [1.82, 2.24) is 0 Å². The summed E-state index contributed by atoms with van der Waals surface area (Å²) >= 11 is 0. The molecule has 4 heteroatoms. The molecule has 0 heterocycles. The summed E-state index contributed by atoms with van der Waals surface area (Å²) in [5.41, 5.74) is 0. The summed E-state index contributed by atoms with van der Waals surface area (Å²) in [5, 5.41) is 0. The van der Waals surface area contributed by atoms with Crippen LogP contribution in [-0.4, -0.2) is 18.5 Å². The number of allylic oxidation sites excluding steroid dienone is 2. The quantitative estimate of drug-likeness (QED) is 0.548. The molecular weight excluding hydrogens is 226 g/mol. The van der Waals surface area contributed by atoms with E-state index in [1.165, 1.54) is 6.92 Å². The van der Waals surface area contributed by atoms with Gasteiger partial charge in [-0.1, -0.05) is 19.1 Å². The lowest BCUT2D eigenvalue weighted by atomic mass is 9.94. The van der Waals surface area contributed by atoms with Crippen molar-refractivity contribution in [2.45, 2.75) is 38.5 Å². The number of hydrogen-bond acceptors (Lipinski definition) is 2. The van der Waals surface area contributed by atoms with E-state index in [2.05, 4.69) is 12.2 Å². The molecule has 2 nitrogen and oxygen atoms in total. The smallest absolute Gasteiger partial charge is 0.309 e. The maximum absolute atomic E-state index is 12.9. The van der Waals surface area contributed by atoms with Crippen LogP contribution in [0.15, 0.2) is 12.2 Å². The summed E-state index contributed by atoms with van der Waals surface area (Å²) in [6.07, 6.45) is 5.46. The second-order valence-corrected chi connectivity index (χ2v) is 5.01. The molecule has 3 atom stereocenters. The Balaban J connectivity index is 1.73. The minimum absolute atomic E-state index is 0.0970. The number of fused-ring (bicyclic) bond motifs is 2. The van der Waals surface area contributed by atoms with Gasteiger partial charge < -0.3 is 4.74 Å². The van der Waals surface area contributed by atoms with Gasteiger partial charge in [-0.05, 0) is 24.7 Å². The number of esters is 1. The molecule has 0 radical (unpaired) electrons. The molecular formula is C13H18F2O2. The van der Waals surface area contributed by atoms with Crippen LogP contribution in [0.2, 0.25) is 0 Å². The zero-order chi connectivity index (χ0) is 12.5. The van der Waals surface area contributed by atoms with E-state index in [-0.39, 0.29) is 37.3 Å². The lowest BCUT2D eigenvalue weighted by Crippen LogP contribution is -2.24. The van der Waals surface area contributed by atoms with Crippen molar-refractivity contribution in [2.24, 2.45) is 17.8 Å². The van der Waals surface area contributed by atoms with Gasteiger partial charge in [0.05, 0.1) is 12.5 Å². The van der Waals surface area contributed by atoms with E-state index in [0.29, 0.717) is 5.92 Å². The first-order valence-electron chi connectivity index (χ1n) is 6.24. The molecule has 2 aliphatic carbocycles. The Labute approximate surface area is 100 Å². The first kappa shape index (κ1) is 12.5. The van der Waals surface area contributed by atoms with Crippen LogP contribution in [-0.2, 0) is 9.53 Å². The number of carbonyl (C=O) groups excluding carboxylic acids is 1. The normalized spacial score (nSPS) is 30.9. The Morgan fingerprint density at radius 3 is 2.71 bits per heavy atom. The summed E-state index contributed by atoms with van der Waals surface area (Å²) in [7, 11) is 0. The second kappa shape index (κ2) is 4.75. The first-order chi connectivity index (χ1) is 8.02. The molecule has 1 saturated carbocycles. The molecule has 1 fully saturated rings. The number of ether oxygens (including phenoxy) is 1. The van der Waals surface area contributed by atoms with E-state index in [0.717, 1.165) is 12.8 Å². The second-order valence-electron chi connectivity index (χ2n) is 5.01. The van der Waals surface area contributed by atoms with E-state index in [4.69, 9.17) is 4.74 Å². The number of halogens is 2. The predicted octanol–water partition coefficient (Wildman–Crippen LogP) is 3.18. The number of rotatable bonds is 5. The van der Waals surface area contributed by atoms with Crippen LogP contribution in [0.4, 0.5) is 8.78 Å². The number of alkyl halides is 2. The molecule has 0 aromatic heterocycles. The van der Waals surface area contributed by atoms with E-state index >= 15 is 0 Å². The molecule has 0 saturated heterocycles. The van der Waals surface area contributed by atoms with Crippen molar-refractivity contribution in [3.63, 3.8) is 0 Å². The number of carbonyl (C=O) groups is 1. The van der Waals surface area contributed by atoms with Crippen molar-refractivity contribution < 1.29 is 18.3 Å². The van der Waals surface area contributed by atoms with Crippen LogP contribution in [0.1, 0.15) is 32.6 Å². The van der Waals surface area contributed by atoms with Gasteiger partial charge >= 0.3 is 5.97 Å². The Kier molecular flexibility index (Phi) is 3.50. The van der Waals surface area contributed by atoms with Crippen molar-refractivity contribution in [3.05, 3.63) is 12.2 Å². The third kappa shape index (κ3) is 2.85. The highest BCUT2D eigenvalue weighted by molar-refractivity contribution is 5.74. The molecule has 0 aliphatic heterocycles. The van der Waals surface area contributed by atoms with Gasteiger partial charge in [0.1, 0.15) is 0 Å². The largest absolute Gasteiger partial charge is 0.465 e. The Hall–Kier alpha value is -0.930. The highest BCUT2D eigenvalue weighted by Gasteiger charge is 2.40. The van der Waals surface area contributed by atoms with Crippen LogP contribution >= 0.6 is 0 Å². The van der Waals surface area contributed by atoms with Crippen molar-refractivity contribution in [1.29, 1.82) is 0 Å². The Morgan fingerprint density at radius 1 is 1.41 bits per heavy atom. The third-order valence-electron chi connectivity index (χ3n) is 3.81. The molecule has 0 aromatic rings. The van der Waals surface area contributed by atoms with E-state index < -0.39 is 5.92 Å². The molecule has 0 spiro atoms. The molecule has 3 unspecified atom stereocenters. The molecule has 96 valence electrons. The Morgan fingerprint density at radius 2 is 2.18 bits per heavy atom. The topological polar surface area (TPSA) is 26.3 Å². The Bertz CT molecular complexity index is 325. The van der Waals surface area contributed by atoms with Gasteiger partial charge in [-0.3, -0.25) is 4.79 Å². The van der Waals surface area contributed by atoms with Crippen LogP contribution < -0.4 is 0 Å². The molecule has 0 aromatic carbocycles. The maximum Gasteiger partial charge on any atom is 0.309 e. The van der Waals surface area contributed by atoms with Crippen molar-refractivity contribution >= 4 is 5.97 Å². The van der Waals surface area contributed by atoms with Gasteiger partial charge in [0.2, 0.25) is 0 Å². The van der Waals surface area contributed by atoms with E-state index in [1.54, 1.807) is 0 Å². The van der Waals surface area contributed by atoms with E-state index in [9.17, 15) is 13.6 Å². The fourth-order valence-corrected chi connectivity index (χ4v) is 2.64. The maximum atomic E-state index is 12.9. The minimum atomic E-state index is -2.71. The fraction of sp³-hybridized carbons (Fsp3) is 0.769. The average Bonchev–Trinajstić information content (AvgIpc) is 2.90. The average molecular weight is 244 g/mol. The summed E-state index contributed by atoms with van der Waals surface area (Å²) in [6.45, 7) is 1.26. The van der Waals surface area contributed by atoms with E-state index in [1.807, 2.05) is 0 Å². The minimum Gasteiger partial charge on any atom is -0.465 e. The van der Waals surface area contributed by atoms with Crippen LogP contribution in [0.3, 0.4) is 0 Å². The highest BCUT2D eigenvalue weighted by Crippen LogP contribution is 2.43. The lowest BCUT2D eigenvalue weighted by Gasteiger charge is -2.18. The van der Waals surface area contributed by atoms with Gasteiger partial charge in [-0.15, -0.1) is 0 Å². The van der Waals surface area contributed by atoms with Crippen LogP contribution in [0, 0.1) is 17.8 Å². The molecule has 0 amide bonds. The lowest BCUT2D eigenvalue weighted by molar-refractivity contribution is -0.151. The standard InChI is InChI=1S/C13H18F2O2/c1-2-13(14,15)5-6-17-12(16)11-8-9-3-4-10(11)7-9/h3-4,9-11H,2,5-8H2,1H3.